The topological polar surface area (TPSA) is 15.6 Å². The van der Waals surface area contributed by atoms with E-state index in [0.29, 0.717) is 0 Å². The fraction of sp³-hybridized carbons (Fsp3) is 0.240. The minimum Gasteiger partial charge on any atom is -0.337 e. The van der Waals surface area contributed by atoms with Crippen molar-refractivity contribution < 1.29 is 13.2 Å². The van der Waals surface area contributed by atoms with E-state index in [1.165, 1.54) is 17.7 Å². The lowest BCUT2D eigenvalue weighted by Gasteiger charge is -2.30. The van der Waals surface area contributed by atoms with Crippen LogP contribution in [0.1, 0.15) is 42.3 Å². The number of halogens is 3. The Hall–Kier alpha value is -3.08. The lowest BCUT2D eigenvalue weighted by atomic mass is 10.0. The van der Waals surface area contributed by atoms with Crippen molar-refractivity contribution in [2.24, 2.45) is 4.99 Å². The highest BCUT2D eigenvalue weighted by atomic mass is 19.4. The molecule has 0 saturated heterocycles. The van der Waals surface area contributed by atoms with Gasteiger partial charge in [-0.3, -0.25) is 4.99 Å². The Morgan fingerprint density at radius 1 is 0.867 bits per heavy atom. The van der Waals surface area contributed by atoms with Gasteiger partial charge in [0, 0.05) is 5.69 Å². The minimum atomic E-state index is -4.35. The number of alkyl halides is 3. The summed E-state index contributed by atoms with van der Waals surface area (Å²) in [6.45, 7) is 4.15. The standard InChI is InChI=1S/C25H23F3N2/c1-3-18-9-11-20(12-10-18)24-29-23(19-7-5-4-6-8-19)17(2)30(24)22-15-13-21(14-16-22)25(26,27)28/h4-17,24H,3H2,1-2H3. The molecule has 154 valence electrons. The van der Waals surface area contributed by atoms with Gasteiger partial charge in [-0.2, -0.15) is 13.2 Å². The number of nitrogens with zero attached hydrogens (tertiary/aromatic N) is 2. The normalized spacial score (nSPS) is 19.1. The number of aliphatic imine (C=N–C) groups is 1. The van der Waals surface area contributed by atoms with Crippen LogP contribution < -0.4 is 4.90 Å². The van der Waals surface area contributed by atoms with E-state index in [4.69, 9.17) is 4.99 Å². The Labute approximate surface area is 174 Å². The van der Waals surface area contributed by atoms with Crippen molar-refractivity contribution in [3.8, 4) is 0 Å². The van der Waals surface area contributed by atoms with Crippen molar-refractivity contribution >= 4 is 11.4 Å². The van der Waals surface area contributed by atoms with Gasteiger partial charge in [-0.25, -0.2) is 0 Å². The van der Waals surface area contributed by atoms with Crippen LogP contribution in [-0.2, 0) is 12.6 Å². The first-order chi connectivity index (χ1) is 14.4. The van der Waals surface area contributed by atoms with Crippen molar-refractivity contribution in [2.45, 2.75) is 38.7 Å². The van der Waals surface area contributed by atoms with Gasteiger partial charge in [0.2, 0.25) is 0 Å². The molecule has 5 heteroatoms. The monoisotopic (exact) mass is 408 g/mol. The molecule has 0 aromatic heterocycles. The summed E-state index contributed by atoms with van der Waals surface area (Å²) in [5.41, 5.74) is 4.28. The van der Waals surface area contributed by atoms with Crippen LogP contribution in [-0.4, -0.2) is 11.8 Å². The Kier molecular flexibility index (Phi) is 5.37. The molecule has 1 aliphatic rings. The zero-order valence-corrected chi connectivity index (χ0v) is 16.9. The fourth-order valence-electron chi connectivity index (χ4n) is 3.92. The molecule has 1 aliphatic heterocycles. The molecule has 0 spiro atoms. The molecule has 2 atom stereocenters. The van der Waals surface area contributed by atoms with Gasteiger partial charge in [-0.15, -0.1) is 0 Å². The van der Waals surface area contributed by atoms with Crippen LogP contribution in [0.5, 0.6) is 0 Å². The number of hydrogen-bond donors (Lipinski definition) is 0. The third kappa shape index (κ3) is 3.84. The highest BCUT2D eigenvalue weighted by Crippen LogP contribution is 2.38. The van der Waals surface area contributed by atoms with E-state index in [2.05, 4.69) is 36.1 Å². The quantitative estimate of drug-likeness (QED) is 0.471. The number of rotatable bonds is 4. The van der Waals surface area contributed by atoms with E-state index in [-0.39, 0.29) is 12.2 Å². The molecular formula is C25H23F3N2. The van der Waals surface area contributed by atoms with Crippen LogP contribution in [0.15, 0.2) is 83.9 Å². The largest absolute Gasteiger partial charge is 0.416 e. The predicted octanol–water partition coefficient (Wildman–Crippen LogP) is 6.66. The zero-order chi connectivity index (χ0) is 21.3. The summed E-state index contributed by atoms with van der Waals surface area (Å²) < 4.78 is 39.1. The Morgan fingerprint density at radius 2 is 1.50 bits per heavy atom. The van der Waals surface area contributed by atoms with Crippen molar-refractivity contribution in [3.63, 3.8) is 0 Å². The van der Waals surface area contributed by atoms with E-state index in [1.54, 1.807) is 0 Å². The smallest absolute Gasteiger partial charge is 0.337 e. The van der Waals surface area contributed by atoms with E-state index in [1.807, 2.05) is 37.3 Å². The molecule has 0 amide bonds. The van der Waals surface area contributed by atoms with E-state index in [9.17, 15) is 13.2 Å². The number of benzene rings is 3. The number of anilines is 1. The zero-order valence-electron chi connectivity index (χ0n) is 16.9. The first-order valence-electron chi connectivity index (χ1n) is 10.1. The SMILES string of the molecule is CCc1ccc(C2N=C(c3ccccc3)C(C)N2c2ccc(C(F)(F)F)cc2)cc1. The summed E-state index contributed by atoms with van der Waals surface area (Å²) in [4.78, 5) is 7.10. The van der Waals surface area contributed by atoms with Crippen molar-refractivity contribution in [1.29, 1.82) is 0 Å². The maximum Gasteiger partial charge on any atom is 0.416 e. The molecule has 3 aromatic rings. The molecular weight excluding hydrogens is 385 g/mol. The average Bonchev–Trinajstić information content (AvgIpc) is 3.11. The van der Waals surface area contributed by atoms with Gasteiger partial charge in [-0.05, 0) is 54.3 Å². The number of aryl methyl sites for hydroxylation is 1. The summed E-state index contributed by atoms with van der Waals surface area (Å²) >= 11 is 0. The first kappa shape index (κ1) is 20.2. The lowest BCUT2D eigenvalue weighted by Crippen LogP contribution is -2.35. The van der Waals surface area contributed by atoms with Crippen molar-refractivity contribution in [2.75, 3.05) is 4.90 Å². The van der Waals surface area contributed by atoms with Gasteiger partial charge in [0.15, 0.2) is 0 Å². The van der Waals surface area contributed by atoms with E-state index < -0.39 is 11.7 Å². The molecule has 0 aliphatic carbocycles. The molecule has 1 heterocycles. The van der Waals surface area contributed by atoms with Gasteiger partial charge in [0.25, 0.3) is 0 Å². The van der Waals surface area contributed by atoms with Crippen LogP contribution >= 0.6 is 0 Å². The van der Waals surface area contributed by atoms with Crippen LogP contribution in [0.4, 0.5) is 18.9 Å². The molecule has 2 nitrogen and oxygen atoms in total. The van der Waals surface area contributed by atoms with E-state index in [0.717, 1.165) is 41.1 Å². The summed E-state index contributed by atoms with van der Waals surface area (Å²) in [5.74, 6) is 0. The van der Waals surface area contributed by atoms with Crippen molar-refractivity contribution in [3.05, 3.63) is 101 Å². The van der Waals surface area contributed by atoms with Crippen LogP contribution in [0.2, 0.25) is 0 Å². The van der Waals surface area contributed by atoms with Crippen molar-refractivity contribution in [1.82, 2.24) is 0 Å². The number of hydrogen-bond acceptors (Lipinski definition) is 2. The second-order valence-electron chi connectivity index (χ2n) is 7.48. The summed E-state index contributed by atoms with van der Waals surface area (Å²) in [5, 5.41) is 0. The molecule has 0 bridgehead atoms. The highest BCUT2D eigenvalue weighted by molar-refractivity contribution is 6.07. The second kappa shape index (κ2) is 7.98. The summed E-state index contributed by atoms with van der Waals surface area (Å²) in [6.07, 6.45) is -3.70. The highest BCUT2D eigenvalue weighted by Gasteiger charge is 2.36. The second-order valence-corrected chi connectivity index (χ2v) is 7.48. The predicted molar refractivity (Wildman–Crippen MR) is 115 cm³/mol. The Morgan fingerprint density at radius 3 is 2.07 bits per heavy atom. The van der Waals surface area contributed by atoms with Gasteiger partial charge in [0.05, 0.1) is 17.3 Å². The molecule has 30 heavy (non-hydrogen) atoms. The first-order valence-corrected chi connectivity index (χ1v) is 10.1. The fourth-order valence-corrected chi connectivity index (χ4v) is 3.92. The minimum absolute atomic E-state index is 0.0833. The van der Waals surface area contributed by atoms with Gasteiger partial charge in [-0.1, -0.05) is 61.5 Å². The molecule has 4 rings (SSSR count). The Balaban J connectivity index is 1.76. The molecule has 2 unspecified atom stereocenters. The summed E-state index contributed by atoms with van der Waals surface area (Å²) in [7, 11) is 0. The molecule has 0 N–H and O–H groups in total. The van der Waals surface area contributed by atoms with Crippen LogP contribution in [0.3, 0.4) is 0 Å². The molecule has 0 radical (unpaired) electrons. The average molecular weight is 408 g/mol. The van der Waals surface area contributed by atoms with Crippen LogP contribution in [0, 0.1) is 0 Å². The van der Waals surface area contributed by atoms with E-state index >= 15 is 0 Å². The Bertz CT molecular complexity index is 1020. The van der Waals surface area contributed by atoms with Crippen LogP contribution in [0.25, 0.3) is 0 Å². The molecule has 0 fully saturated rings. The molecule has 0 saturated carbocycles. The third-order valence-electron chi connectivity index (χ3n) is 5.59. The van der Waals surface area contributed by atoms with Gasteiger partial charge in [0.1, 0.15) is 6.17 Å². The summed E-state index contributed by atoms with van der Waals surface area (Å²) in [6, 6.07) is 23.5. The lowest BCUT2D eigenvalue weighted by molar-refractivity contribution is -0.137. The maximum atomic E-state index is 13.0. The molecule has 3 aromatic carbocycles. The van der Waals surface area contributed by atoms with Gasteiger partial charge < -0.3 is 4.90 Å². The third-order valence-corrected chi connectivity index (χ3v) is 5.59. The van der Waals surface area contributed by atoms with Gasteiger partial charge >= 0.3 is 6.18 Å². The maximum absolute atomic E-state index is 13.0.